The van der Waals surface area contributed by atoms with Crippen LogP contribution < -0.4 is 10.1 Å². The highest BCUT2D eigenvalue weighted by molar-refractivity contribution is 6.30. The van der Waals surface area contributed by atoms with E-state index in [2.05, 4.69) is 5.32 Å². The lowest BCUT2D eigenvalue weighted by atomic mass is 9.85. The Kier molecular flexibility index (Phi) is 4.36. The van der Waals surface area contributed by atoms with E-state index in [1.165, 1.54) is 0 Å². The summed E-state index contributed by atoms with van der Waals surface area (Å²) in [5, 5.41) is 8.77. The average Bonchev–Trinajstić information content (AvgIpc) is 3.16. The molecular formula is C22H19ClN4O2. The molecule has 7 heteroatoms. The Labute approximate surface area is 173 Å². The van der Waals surface area contributed by atoms with E-state index in [0.29, 0.717) is 23.2 Å². The minimum atomic E-state index is -0.335. The molecule has 0 saturated heterocycles. The number of hydrogen-bond donors (Lipinski definition) is 1. The van der Waals surface area contributed by atoms with Gasteiger partial charge < -0.3 is 10.1 Å². The lowest BCUT2D eigenvalue weighted by Crippen LogP contribution is -2.31. The van der Waals surface area contributed by atoms with E-state index in [9.17, 15) is 4.79 Å². The molecule has 0 spiro atoms. The van der Waals surface area contributed by atoms with Crippen LogP contribution in [0.15, 0.2) is 59.8 Å². The highest BCUT2D eigenvalue weighted by Crippen LogP contribution is 2.41. The van der Waals surface area contributed by atoms with Crippen molar-refractivity contribution < 1.29 is 9.53 Å². The molecule has 0 radical (unpaired) electrons. The Balaban J connectivity index is 1.67. The lowest BCUT2D eigenvalue weighted by molar-refractivity contribution is -0.116. The van der Waals surface area contributed by atoms with Crippen LogP contribution in [0.4, 0.5) is 5.95 Å². The molecule has 1 aliphatic heterocycles. The summed E-state index contributed by atoms with van der Waals surface area (Å²) in [5.74, 6) is 2.12. The highest BCUT2D eigenvalue weighted by Gasteiger charge is 2.37. The second-order valence-electron chi connectivity index (χ2n) is 7.18. The van der Waals surface area contributed by atoms with Crippen molar-refractivity contribution in [3.63, 3.8) is 0 Å². The van der Waals surface area contributed by atoms with Crippen molar-refractivity contribution in [2.45, 2.75) is 25.3 Å². The monoisotopic (exact) mass is 406 g/mol. The quantitative estimate of drug-likeness (QED) is 0.686. The summed E-state index contributed by atoms with van der Waals surface area (Å²) < 4.78 is 7.21. The second-order valence-corrected chi connectivity index (χ2v) is 7.62. The molecule has 0 saturated carbocycles. The number of nitrogens with one attached hydrogen (secondary N) is 1. The highest BCUT2D eigenvalue weighted by atomic mass is 35.5. The molecule has 0 amide bonds. The van der Waals surface area contributed by atoms with E-state index in [0.717, 1.165) is 41.0 Å². The summed E-state index contributed by atoms with van der Waals surface area (Å²) in [4.78, 5) is 17.6. The zero-order valence-electron chi connectivity index (χ0n) is 15.9. The summed E-state index contributed by atoms with van der Waals surface area (Å²) in [6.07, 6.45) is 2.22. The van der Waals surface area contributed by atoms with Gasteiger partial charge in [-0.2, -0.15) is 4.98 Å². The fraction of sp³-hybridized carbons (Fsp3) is 0.227. The van der Waals surface area contributed by atoms with Gasteiger partial charge in [0.25, 0.3) is 0 Å². The lowest BCUT2D eigenvalue weighted by Gasteiger charge is -2.32. The van der Waals surface area contributed by atoms with E-state index in [1.54, 1.807) is 11.8 Å². The Morgan fingerprint density at radius 2 is 2.00 bits per heavy atom. The van der Waals surface area contributed by atoms with Gasteiger partial charge in [-0.05, 0) is 54.8 Å². The molecule has 3 aromatic rings. The number of halogens is 1. The molecule has 2 aliphatic rings. The SMILES string of the molecule is COc1cccc(C2C3=C(CCCC3=O)Nc3nc(-c4ccc(Cl)cc4)nn32)c1. The number of Topliss-reactive ketones (excluding diaryl/α,β-unsaturated/α-hetero) is 1. The number of carbonyl (C=O) groups excluding carboxylic acids is 1. The van der Waals surface area contributed by atoms with Crippen LogP contribution in [0.3, 0.4) is 0 Å². The first-order chi connectivity index (χ1) is 14.1. The summed E-state index contributed by atoms with van der Waals surface area (Å²) in [6, 6.07) is 14.9. The van der Waals surface area contributed by atoms with Gasteiger partial charge in [-0.25, -0.2) is 4.68 Å². The van der Waals surface area contributed by atoms with Crippen molar-refractivity contribution in [3.8, 4) is 17.1 Å². The minimum Gasteiger partial charge on any atom is -0.497 e. The maximum atomic E-state index is 12.9. The van der Waals surface area contributed by atoms with Gasteiger partial charge >= 0.3 is 0 Å². The number of ketones is 1. The third kappa shape index (κ3) is 3.09. The number of allylic oxidation sites excluding steroid dienone is 2. The number of rotatable bonds is 3. The smallest absolute Gasteiger partial charge is 0.226 e. The van der Waals surface area contributed by atoms with Gasteiger partial charge in [-0.3, -0.25) is 4.79 Å². The third-order valence-corrected chi connectivity index (χ3v) is 5.63. The largest absolute Gasteiger partial charge is 0.497 e. The fourth-order valence-corrected chi connectivity index (χ4v) is 4.12. The number of hydrogen-bond acceptors (Lipinski definition) is 5. The fourth-order valence-electron chi connectivity index (χ4n) is 4.00. The van der Waals surface area contributed by atoms with Crippen molar-refractivity contribution in [2.75, 3.05) is 12.4 Å². The zero-order valence-corrected chi connectivity index (χ0v) is 16.6. The number of fused-ring (bicyclic) bond motifs is 1. The molecule has 1 atom stereocenters. The van der Waals surface area contributed by atoms with Crippen molar-refractivity contribution in [1.29, 1.82) is 0 Å². The molecule has 1 N–H and O–H groups in total. The van der Waals surface area contributed by atoms with E-state index in [1.807, 2.05) is 48.5 Å². The number of nitrogens with zero attached hydrogens (tertiary/aromatic N) is 3. The van der Waals surface area contributed by atoms with Crippen molar-refractivity contribution in [2.24, 2.45) is 0 Å². The first-order valence-electron chi connectivity index (χ1n) is 9.54. The molecule has 1 aliphatic carbocycles. The van der Waals surface area contributed by atoms with Crippen LogP contribution in [0.25, 0.3) is 11.4 Å². The maximum absolute atomic E-state index is 12.9. The normalized spacial score (nSPS) is 18.1. The van der Waals surface area contributed by atoms with Crippen LogP contribution in [0.2, 0.25) is 5.02 Å². The first kappa shape index (κ1) is 17.9. The van der Waals surface area contributed by atoms with Gasteiger partial charge in [0.2, 0.25) is 5.95 Å². The maximum Gasteiger partial charge on any atom is 0.226 e. The summed E-state index contributed by atoms with van der Waals surface area (Å²) in [5.41, 5.74) is 3.52. The van der Waals surface area contributed by atoms with Crippen molar-refractivity contribution in [3.05, 3.63) is 70.4 Å². The third-order valence-electron chi connectivity index (χ3n) is 5.38. The number of aromatic nitrogens is 3. The van der Waals surface area contributed by atoms with E-state index in [4.69, 9.17) is 26.4 Å². The van der Waals surface area contributed by atoms with E-state index < -0.39 is 0 Å². The number of anilines is 1. The Hall–Kier alpha value is -3.12. The van der Waals surface area contributed by atoms with E-state index in [-0.39, 0.29) is 11.8 Å². The molecule has 1 unspecified atom stereocenters. The molecule has 6 nitrogen and oxygen atoms in total. The first-order valence-corrected chi connectivity index (χ1v) is 9.91. The van der Waals surface area contributed by atoms with Gasteiger partial charge in [0, 0.05) is 28.3 Å². The summed E-state index contributed by atoms with van der Waals surface area (Å²) in [6.45, 7) is 0. The van der Waals surface area contributed by atoms with Crippen LogP contribution in [-0.2, 0) is 4.79 Å². The van der Waals surface area contributed by atoms with Gasteiger partial charge in [0.1, 0.15) is 11.8 Å². The molecule has 0 bridgehead atoms. The summed E-state index contributed by atoms with van der Waals surface area (Å²) in [7, 11) is 1.64. The molecule has 5 rings (SSSR count). The van der Waals surface area contributed by atoms with Crippen molar-refractivity contribution in [1.82, 2.24) is 14.8 Å². The Morgan fingerprint density at radius 1 is 1.17 bits per heavy atom. The van der Waals surface area contributed by atoms with Gasteiger partial charge in [0.15, 0.2) is 11.6 Å². The average molecular weight is 407 g/mol. The van der Waals surface area contributed by atoms with Crippen LogP contribution in [0.5, 0.6) is 5.75 Å². The molecular weight excluding hydrogens is 388 g/mol. The number of carbonyl (C=O) groups is 1. The standard InChI is InChI=1S/C22H19ClN4O2/c1-29-16-5-2-4-14(12-16)20-19-17(6-3-7-18(19)28)24-22-25-21(26-27(20)22)13-8-10-15(23)11-9-13/h2,4-5,8-12,20H,3,6-7H2,1H3,(H,24,25,26). The van der Waals surface area contributed by atoms with Gasteiger partial charge in [-0.1, -0.05) is 23.7 Å². The zero-order chi connectivity index (χ0) is 20.0. The predicted octanol–water partition coefficient (Wildman–Crippen LogP) is 4.63. The molecule has 2 heterocycles. The molecule has 2 aromatic carbocycles. The molecule has 1 aromatic heterocycles. The minimum absolute atomic E-state index is 0.153. The predicted molar refractivity (Wildman–Crippen MR) is 111 cm³/mol. The molecule has 29 heavy (non-hydrogen) atoms. The van der Waals surface area contributed by atoms with Gasteiger partial charge in [0.05, 0.1) is 7.11 Å². The number of ether oxygens (including phenoxy) is 1. The van der Waals surface area contributed by atoms with Crippen LogP contribution >= 0.6 is 11.6 Å². The molecule has 146 valence electrons. The van der Waals surface area contributed by atoms with Crippen LogP contribution in [-0.4, -0.2) is 27.7 Å². The second kappa shape index (κ2) is 7.04. The molecule has 0 fully saturated rings. The van der Waals surface area contributed by atoms with Crippen LogP contribution in [0.1, 0.15) is 30.9 Å². The summed E-state index contributed by atoms with van der Waals surface area (Å²) >= 11 is 6.02. The number of benzene rings is 2. The van der Waals surface area contributed by atoms with Crippen molar-refractivity contribution >= 4 is 23.3 Å². The van der Waals surface area contributed by atoms with Gasteiger partial charge in [-0.15, -0.1) is 5.10 Å². The Bertz CT molecular complexity index is 1130. The number of methoxy groups -OCH3 is 1. The Morgan fingerprint density at radius 3 is 2.79 bits per heavy atom. The topological polar surface area (TPSA) is 69.0 Å². The van der Waals surface area contributed by atoms with Crippen LogP contribution in [0, 0.1) is 0 Å². The van der Waals surface area contributed by atoms with E-state index >= 15 is 0 Å².